The molecule has 0 spiro atoms. The third-order valence-corrected chi connectivity index (χ3v) is 6.30. The number of carbonyl (C=O) groups excluding carboxylic acids is 1. The highest BCUT2D eigenvalue weighted by molar-refractivity contribution is 9.10. The summed E-state index contributed by atoms with van der Waals surface area (Å²) in [6, 6.07) is 23.7. The van der Waals surface area contributed by atoms with Crippen LogP contribution in [-0.4, -0.2) is 22.1 Å². The van der Waals surface area contributed by atoms with E-state index in [2.05, 4.69) is 57.9 Å². The topological polar surface area (TPSA) is 56.1 Å². The number of aryl methyl sites for hydroxylation is 1. The van der Waals surface area contributed by atoms with Crippen LogP contribution in [0.5, 0.6) is 5.75 Å². The summed E-state index contributed by atoms with van der Waals surface area (Å²) in [4.78, 5) is 17.4. The van der Waals surface area contributed by atoms with Gasteiger partial charge in [-0.3, -0.25) is 4.79 Å². The highest BCUT2D eigenvalue weighted by atomic mass is 79.9. The van der Waals surface area contributed by atoms with Gasteiger partial charge in [0.05, 0.1) is 24.2 Å². The van der Waals surface area contributed by atoms with E-state index in [0.29, 0.717) is 24.6 Å². The summed E-state index contributed by atoms with van der Waals surface area (Å²) in [5, 5.41) is 3.02. The first-order valence-electron chi connectivity index (χ1n) is 11.7. The standard InChI is InChI=1S/C28H30BrN3O2/c1-20(2)23-12-3-6-15-26(23)34-17-8-7-16-32-25-14-5-4-13-24(25)31-27(32)19-30-28(33)21-10-9-11-22(29)18-21/h3-6,9-15,18,20H,7-8,16-17,19H2,1-2H3,(H,30,33). The summed E-state index contributed by atoms with van der Waals surface area (Å²) in [7, 11) is 0. The average molecular weight is 520 g/mol. The highest BCUT2D eigenvalue weighted by Gasteiger charge is 2.13. The normalized spacial score (nSPS) is 11.2. The zero-order chi connectivity index (χ0) is 23.9. The number of para-hydroxylation sites is 3. The van der Waals surface area contributed by atoms with Crippen LogP contribution in [0.3, 0.4) is 0 Å². The van der Waals surface area contributed by atoms with Gasteiger partial charge in [0.15, 0.2) is 0 Å². The summed E-state index contributed by atoms with van der Waals surface area (Å²) in [6.07, 6.45) is 1.89. The molecule has 176 valence electrons. The van der Waals surface area contributed by atoms with Crippen molar-refractivity contribution in [2.75, 3.05) is 6.61 Å². The van der Waals surface area contributed by atoms with E-state index in [4.69, 9.17) is 9.72 Å². The van der Waals surface area contributed by atoms with Crippen LogP contribution in [0.1, 0.15) is 54.4 Å². The van der Waals surface area contributed by atoms with Gasteiger partial charge in [-0.15, -0.1) is 0 Å². The van der Waals surface area contributed by atoms with Crippen molar-refractivity contribution in [2.45, 2.75) is 45.7 Å². The number of imidazole rings is 1. The van der Waals surface area contributed by atoms with Crippen LogP contribution < -0.4 is 10.1 Å². The number of halogens is 1. The van der Waals surface area contributed by atoms with Gasteiger partial charge >= 0.3 is 0 Å². The molecule has 4 rings (SSSR count). The van der Waals surface area contributed by atoms with E-state index in [1.54, 1.807) is 6.07 Å². The number of nitrogens with one attached hydrogen (secondary N) is 1. The molecular formula is C28H30BrN3O2. The number of rotatable bonds is 10. The van der Waals surface area contributed by atoms with Gasteiger partial charge in [-0.1, -0.05) is 66.2 Å². The van der Waals surface area contributed by atoms with Crippen LogP contribution >= 0.6 is 15.9 Å². The molecule has 4 aromatic rings. The van der Waals surface area contributed by atoms with Crippen LogP contribution in [0.15, 0.2) is 77.3 Å². The summed E-state index contributed by atoms with van der Waals surface area (Å²) in [5.74, 6) is 2.15. The van der Waals surface area contributed by atoms with Crippen LogP contribution in [0.4, 0.5) is 0 Å². The lowest BCUT2D eigenvalue weighted by molar-refractivity contribution is 0.0949. The first kappa shape index (κ1) is 24.0. The Kier molecular flexibility index (Phi) is 8.01. The number of ether oxygens (including phenoxy) is 1. The van der Waals surface area contributed by atoms with Crippen LogP contribution in [0.25, 0.3) is 11.0 Å². The predicted molar refractivity (Wildman–Crippen MR) is 140 cm³/mol. The second kappa shape index (κ2) is 11.3. The van der Waals surface area contributed by atoms with Gasteiger partial charge in [-0.2, -0.15) is 0 Å². The zero-order valence-electron chi connectivity index (χ0n) is 19.6. The van der Waals surface area contributed by atoms with Gasteiger partial charge in [0, 0.05) is 16.6 Å². The number of benzene rings is 3. The SMILES string of the molecule is CC(C)c1ccccc1OCCCCn1c(CNC(=O)c2cccc(Br)c2)nc2ccccc21. The van der Waals surface area contributed by atoms with Crippen LogP contribution in [-0.2, 0) is 13.1 Å². The van der Waals surface area contributed by atoms with Crippen molar-refractivity contribution in [3.05, 3.63) is 94.2 Å². The van der Waals surface area contributed by atoms with Gasteiger partial charge in [0.1, 0.15) is 11.6 Å². The number of hydrogen-bond donors (Lipinski definition) is 1. The third-order valence-electron chi connectivity index (χ3n) is 5.80. The Hall–Kier alpha value is -3.12. The molecule has 0 fully saturated rings. The zero-order valence-corrected chi connectivity index (χ0v) is 21.2. The summed E-state index contributed by atoms with van der Waals surface area (Å²) < 4.78 is 9.17. The minimum absolute atomic E-state index is 0.114. The molecule has 0 aliphatic carbocycles. The fourth-order valence-electron chi connectivity index (χ4n) is 4.04. The largest absolute Gasteiger partial charge is 0.493 e. The second-order valence-corrected chi connectivity index (χ2v) is 9.53. The Morgan fingerprint density at radius 3 is 2.65 bits per heavy atom. The number of carbonyl (C=O) groups is 1. The molecule has 1 heterocycles. The van der Waals surface area contributed by atoms with Gasteiger partial charge in [0.2, 0.25) is 0 Å². The van der Waals surface area contributed by atoms with E-state index in [-0.39, 0.29) is 5.91 Å². The molecular weight excluding hydrogens is 490 g/mol. The molecule has 6 heteroatoms. The minimum atomic E-state index is -0.114. The van der Waals surface area contributed by atoms with Crippen molar-refractivity contribution >= 4 is 32.9 Å². The lowest BCUT2D eigenvalue weighted by atomic mass is 10.0. The molecule has 34 heavy (non-hydrogen) atoms. The Morgan fingerprint density at radius 2 is 1.82 bits per heavy atom. The first-order chi connectivity index (χ1) is 16.5. The Morgan fingerprint density at radius 1 is 1.03 bits per heavy atom. The molecule has 3 aromatic carbocycles. The third kappa shape index (κ3) is 5.86. The predicted octanol–water partition coefficient (Wildman–Crippen LogP) is 6.71. The summed E-state index contributed by atoms with van der Waals surface area (Å²) in [6.45, 7) is 6.23. The van der Waals surface area contributed by atoms with Gasteiger partial charge in [-0.05, 0) is 60.7 Å². The van der Waals surface area contributed by atoms with Crippen molar-refractivity contribution < 1.29 is 9.53 Å². The maximum Gasteiger partial charge on any atom is 0.251 e. The Labute approximate surface area is 209 Å². The molecule has 0 radical (unpaired) electrons. The molecule has 1 aromatic heterocycles. The summed E-state index contributed by atoms with van der Waals surface area (Å²) >= 11 is 3.42. The Balaban J connectivity index is 1.38. The van der Waals surface area contributed by atoms with E-state index >= 15 is 0 Å². The molecule has 5 nitrogen and oxygen atoms in total. The van der Waals surface area contributed by atoms with Gasteiger partial charge in [-0.25, -0.2) is 4.98 Å². The maximum absolute atomic E-state index is 12.6. The number of aromatic nitrogens is 2. The van der Waals surface area contributed by atoms with Gasteiger partial charge < -0.3 is 14.6 Å². The molecule has 0 aliphatic rings. The number of unbranched alkanes of at least 4 members (excludes halogenated alkanes) is 1. The quantitative estimate of drug-likeness (QED) is 0.237. The van der Waals surface area contributed by atoms with Crippen LogP contribution in [0.2, 0.25) is 0 Å². The monoisotopic (exact) mass is 519 g/mol. The van der Waals surface area contributed by atoms with Gasteiger partial charge in [0.25, 0.3) is 5.91 Å². The van der Waals surface area contributed by atoms with E-state index in [9.17, 15) is 4.79 Å². The lowest BCUT2D eigenvalue weighted by Gasteiger charge is -2.14. The van der Waals surface area contributed by atoms with E-state index < -0.39 is 0 Å². The van der Waals surface area contributed by atoms with Crippen molar-refractivity contribution in [3.8, 4) is 5.75 Å². The second-order valence-electron chi connectivity index (χ2n) is 8.61. The maximum atomic E-state index is 12.6. The average Bonchev–Trinajstić information content (AvgIpc) is 3.20. The van der Waals surface area contributed by atoms with E-state index in [1.807, 2.05) is 48.5 Å². The number of nitrogens with zero attached hydrogens (tertiary/aromatic N) is 2. The Bertz CT molecular complexity index is 1270. The molecule has 0 atom stereocenters. The molecule has 1 N–H and O–H groups in total. The molecule has 0 unspecified atom stereocenters. The van der Waals surface area contributed by atoms with Crippen molar-refractivity contribution in [3.63, 3.8) is 0 Å². The molecule has 0 bridgehead atoms. The molecule has 0 saturated heterocycles. The van der Waals surface area contributed by atoms with E-state index in [0.717, 1.165) is 46.5 Å². The number of hydrogen-bond acceptors (Lipinski definition) is 3. The smallest absolute Gasteiger partial charge is 0.251 e. The highest BCUT2D eigenvalue weighted by Crippen LogP contribution is 2.26. The number of amides is 1. The van der Waals surface area contributed by atoms with E-state index in [1.165, 1.54) is 5.56 Å². The summed E-state index contributed by atoms with van der Waals surface area (Å²) in [5.41, 5.74) is 3.89. The molecule has 1 amide bonds. The van der Waals surface area contributed by atoms with Crippen molar-refractivity contribution in [1.82, 2.24) is 14.9 Å². The van der Waals surface area contributed by atoms with Crippen molar-refractivity contribution in [1.29, 1.82) is 0 Å². The fourth-order valence-corrected chi connectivity index (χ4v) is 4.44. The van der Waals surface area contributed by atoms with Crippen LogP contribution in [0, 0.1) is 0 Å². The molecule has 0 aliphatic heterocycles. The first-order valence-corrected chi connectivity index (χ1v) is 12.5. The molecule has 0 saturated carbocycles. The lowest BCUT2D eigenvalue weighted by Crippen LogP contribution is -2.24. The van der Waals surface area contributed by atoms with Crippen molar-refractivity contribution in [2.24, 2.45) is 0 Å². The number of fused-ring (bicyclic) bond motifs is 1. The minimum Gasteiger partial charge on any atom is -0.493 e. The fraction of sp³-hybridized carbons (Fsp3) is 0.286.